The largest absolute Gasteiger partial charge is 0.393 e. The van der Waals surface area contributed by atoms with Crippen molar-refractivity contribution in [1.82, 2.24) is 0 Å². The molecule has 1 aromatic carbocycles. The van der Waals surface area contributed by atoms with E-state index in [-0.39, 0.29) is 6.42 Å². The Morgan fingerprint density at radius 3 is 2.21 bits per heavy atom. The normalized spacial score (nSPS) is 31.6. The summed E-state index contributed by atoms with van der Waals surface area (Å²) in [6.45, 7) is 0. The lowest BCUT2D eigenvalue weighted by atomic mass is 10.0. The Balaban J connectivity index is 2.23. The van der Waals surface area contributed by atoms with Gasteiger partial charge in [-0.1, -0.05) is 30.3 Å². The van der Waals surface area contributed by atoms with Crippen LogP contribution in [-0.2, 0) is 5.54 Å². The first kappa shape index (κ1) is 9.52. The molecule has 0 amide bonds. The molecule has 1 fully saturated rings. The maximum Gasteiger partial charge on any atom is 0.393 e. The van der Waals surface area contributed by atoms with E-state index in [0.717, 1.165) is 0 Å². The minimum absolute atomic E-state index is 0.000509. The van der Waals surface area contributed by atoms with Gasteiger partial charge in [-0.3, -0.25) is 0 Å². The molecular formula is C10H10F3N. The molecule has 0 unspecified atom stereocenters. The second kappa shape index (κ2) is 2.73. The summed E-state index contributed by atoms with van der Waals surface area (Å²) < 4.78 is 37.0. The first-order valence-electron chi connectivity index (χ1n) is 4.36. The van der Waals surface area contributed by atoms with Gasteiger partial charge in [0.15, 0.2) is 0 Å². The molecule has 2 atom stereocenters. The molecule has 0 radical (unpaired) electrons. The topological polar surface area (TPSA) is 26.0 Å². The van der Waals surface area contributed by atoms with Gasteiger partial charge in [0.05, 0.1) is 11.5 Å². The fourth-order valence-corrected chi connectivity index (χ4v) is 1.75. The molecule has 0 heterocycles. The molecule has 2 rings (SSSR count). The molecule has 1 saturated carbocycles. The van der Waals surface area contributed by atoms with Crippen molar-refractivity contribution in [1.29, 1.82) is 0 Å². The molecule has 2 N–H and O–H groups in total. The summed E-state index contributed by atoms with van der Waals surface area (Å²) in [4.78, 5) is 0. The number of alkyl halides is 3. The predicted molar refractivity (Wildman–Crippen MR) is 46.5 cm³/mol. The lowest BCUT2D eigenvalue weighted by Crippen LogP contribution is -2.28. The predicted octanol–water partition coefficient (Wildman–Crippen LogP) is 2.42. The SMILES string of the molecule is N[C@]1(c2ccccc2)C[C@H]1C(F)(F)F. The fourth-order valence-electron chi connectivity index (χ4n) is 1.75. The zero-order valence-electron chi connectivity index (χ0n) is 7.38. The summed E-state index contributed by atoms with van der Waals surface area (Å²) in [7, 11) is 0. The molecule has 4 heteroatoms. The number of benzene rings is 1. The quantitative estimate of drug-likeness (QED) is 0.741. The van der Waals surface area contributed by atoms with E-state index >= 15 is 0 Å². The van der Waals surface area contributed by atoms with Crippen molar-refractivity contribution in [3.8, 4) is 0 Å². The molecule has 0 spiro atoms. The third-order valence-corrected chi connectivity index (χ3v) is 2.71. The van der Waals surface area contributed by atoms with Crippen molar-refractivity contribution in [3.63, 3.8) is 0 Å². The van der Waals surface area contributed by atoms with Crippen LogP contribution in [0.3, 0.4) is 0 Å². The van der Waals surface area contributed by atoms with Crippen molar-refractivity contribution >= 4 is 0 Å². The maximum absolute atomic E-state index is 12.3. The van der Waals surface area contributed by atoms with E-state index in [0.29, 0.717) is 5.56 Å². The average molecular weight is 201 g/mol. The number of nitrogens with two attached hydrogens (primary N) is 1. The summed E-state index contributed by atoms with van der Waals surface area (Å²) in [5.74, 6) is -1.38. The van der Waals surface area contributed by atoms with Crippen molar-refractivity contribution in [2.45, 2.75) is 18.1 Å². The van der Waals surface area contributed by atoms with Crippen LogP contribution in [0.25, 0.3) is 0 Å². The van der Waals surface area contributed by atoms with Gasteiger partial charge in [0.1, 0.15) is 0 Å². The van der Waals surface area contributed by atoms with Crippen LogP contribution in [0.15, 0.2) is 30.3 Å². The minimum Gasteiger partial charge on any atom is -0.321 e. The zero-order chi connectivity index (χ0) is 10.4. The lowest BCUT2D eigenvalue weighted by molar-refractivity contribution is -0.152. The third-order valence-electron chi connectivity index (χ3n) is 2.71. The minimum atomic E-state index is -4.18. The highest BCUT2D eigenvalue weighted by atomic mass is 19.4. The highest BCUT2D eigenvalue weighted by molar-refractivity contribution is 5.32. The van der Waals surface area contributed by atoms with Crippen LogP contribution in [0.2, 0.25) is 0 Å². The number of hydrogen-bond donors (Lipinski definition) is 1. The molecule has 0 saturated heterocycles. The first-order valence-corrected chi connectivity index (χ1v) is 4.36. The zero-order valence-corrected chi connectivity index (χ0v) is 7.38. The van der Waals surface area contributed by atoms with Crippen molar-refractivity contribution in [2.75, 3.05) is 0 Å². The van der Waals surface area contributed by atoms with E-state index in [1.807, 2.05) is 0 Å². The molecule has 14 heavy (non-hydrogen) atoms. The molecule has 0 bridgehead atoms. The van der Waals surface area contributed by atoms with Gasteiger partial charge in [0.25, 0.3) is 0 Å². The van der Waals surface area contributed by atoms with Gasteiger partial charge >= 0.3 is 6.18 Å². The summed E-state index contributed by atoms with van der Waals surface area (Å²) in [6.07, 6.45) is -4.18. The third kappa shape index (κ3) is 1.39. The smallest absolute Gasteiger partial charge is 0.321 e. The standard InChI is InChI=1S/C10H10F3N/c11-10(12,13)8-6-9(8,14)7-4-2-1-3-5-7/h1-5,8H,6,14H2/t8-,9+/m1/s1. The molecule has 76 valence electrons. The Hall–Kier alpha value is -1.03. The van der Waals surface area contributed by atoms with E-state index < -0.39 is 17.6 Å². The molecule has 0 aliphatic heterocycles. The van der Waals surface area contributed by atoms with Crippen LogP contribution in [0.5, 0.6) is 0 Å². The Morgan fingerprint density at radius 2 is 1.79 bits per heavy atom. The van der Waals surface area contributed by atoms with Gasteiger partial charge in [-0.2, -0.15) is 13.2 Å². The second-order valence-electron chi connectivity index (χ2n) is 3.70. The maximum atomic E-state index is 12.3. The first-order chi connectivity index (χ1) is 6.44. The Kier molecular flexibility index (Phi) is 1.86. The molecule has 1 aliphatic rings. The van der Waals surface area contributed by atoms with Crippen molar-refractivity contribution in [2.24, 2.45) is 11.7 Å². The molecular weight excluding hydrogens is 191 g/mol. The van der Waals surface area contributed by atoms with E-state index in [1.165, 1.54) is 0 Å². The molecule has 1 aromatic rings. The van der Waals surface area contributed by atoms with E-state index in [1.54, 1.807) is 30.3 Å². The molecule has 1 aliphatic carbocycles. The second-order valence-corrected chi connectivity index (χ2v) is 3.70. The van der Waals surface area contributed by atoms with Gasteiger partial charge < -0.3 is 5.73 Å². The number of rotatable bonds is 1. The van der Waals surface area contributed by atoms with E-state index in [9.17, 15) is 13.2 Å². The van der Waals surface area contributed by atoms with Crippen LogP contribution in [0.4, 0.5) is 13.2 Å². The summed E-state index contributed by atoms with van der Waals surface area (Å²) in [5.41, 5.74) is 5.07. The van der Waals surface area contributed by atoms with Crippen molar-refractivity contribution < 1.29 is 13.2 Å². The van der Waals surface area contributed by atoms with Crippen LogP contribution >= 0.6 is 0 Å². The molecule has 1 nitrogen and oxygen atoms in total. The lowest BCUT2D eigenvalue weighted by Gasteiger charge is -2.13. The Labute approximate surface area is 79.7 Å². The fraction of sp³-hybridized carbons (Fsp3) is 0.400. The highest BCUT2D eigenvalue weighted by Crippen LogP contribution is 2.57. The van der Waals surface area contributed by atoms with Crippen LogP contribution in [-0.4, -0.2) is 6.18 Å². The van der Waals surface area contributed by atoms with Gasteiger partial charge in [-0.05, 0) is 12.0 Å². The average Bonchev–Trinajstić information content (AvgIpc) is 2.81. The van der Waals surface area contributed by atoms with Crippen molar-refractivity contribution in [3.05, 3.63) is 35.9 Å². The molecule has 0 aromatic heterocycles. The van der Waals surface area contributed by atoms with E-state index in [4.69, 9.17) is 5.73 Å². The van der Waals surface area contributed by atoms with Gasteiger partial charge in [0, 0.05) is 0 Å². The highest BCUT2D eigenvalue weighted by Gasteiger charge is 2.65. The number of hydrogen-bond acceptors (Lipinski definition) is 1. The van der Waals surface area contributed by atoms with E-state index in [2.05, 4.69) is 0 Å². The van der Waals surface area contributed by atoms with Gasteiger partial charge in [-0.25, -0.2) is 0 Å². The van der Waals surface area contributed by atoms with Crippen LogP contribution in [0, 0.1) is 5.92 Å². The van der Waals surface area contributed by atoms with Crippen LogP contribution in [0.1, 0.15) is 12.0 Å². The van der Waals surface area contributed by atoms with Gasteiger partial charge in [-0.15, -0.1) is 0 Å². The number of halogens is 3. The summed E-state index contributed by atoms with van der Waals surface area (Å²) in [5, 5.41) is 0. The summed E-state index contributed by atoms with van der Waals surface area (Å²) in [6, 6.07) is 8.46. The van der Waals surface area contributed by atoms with Gasteiger partial charge in [0.2, 0.25) is 0 Å². The Morgan fingerprint density at radius 1 is 1.21 bits per heavy atom. The summed E-state index contributed by atoms with van der Waals surface area (Å²) >= 11 is 0. The van der Waals surface area contributed by atoms with Crippen LogP contribution < -0.4 is 5.73 Å². The Bertz CT molecular complexity index is 333. The monoisotopic (exact) mass is 201 g/mol.